The van der Waals surface area contributed by atoms with Crippen molar-refractivity contribution >= 4 is 51.3 Å². The third-order valence-electron chi connectivity index (χ3n) is 5.69. The maximum atomic E-state index is 12.7. The molecule has 0 saturated heterocycles. The summed E-state index contributed by atoms with van der Waals surface area (Å²) in [6.07, 6.45) is 1.54. The molecule has 9 heteroatoms. The second kappa shape index (κ2) is 11.9. The Labute approximate surface area is 233 Å². The summed E-state index contributed by atoms with van der Waals surface area (Å²) >= 11 is 15.7. The first kappa shape index (κ1) is 26.8. The van der Waals surface area contributed by atoms with Crippen molar-refractivity contribution < 1.29 is 14.3 Å². The number of benzene rings is 3. The van der Waals surface area contributed by atoms with Crippen LogP contribution in [-0.4, -0.2) is 23.8 Å². The van der Waals surface area contributed by atoms with Crippen LogP contribution in [0, 0.1) is 13.8 Å². The summed E-state index contributed by atoms with van der Waals surface area (Å²) in [6.45, 7) is 4.29. The quantitative estimate of drug-likeness (QED) is 0.168. The van der Waals surface area contributed by atoms with Crippen molar-refractivity contribution in [2.75, 3.05) is 7.11 Å². The van der Waals surface area contributed by atoms with Crippen LogP contribution < -0.4 is 14.9 Å². The molecule has 0 fully saturated rings. The zero-order valence-electron chi connectivity index (χ0n) is 20.4. The van der Waals surface area contributed by atoms with E-state index in [-0.39, 0.29) is 12.5 Å². The Kier molecular flexibility index (Phi) is 8.59. The third kappa shape index (κ3) is 6.36. The van der Waals surface area contributed by atoms with Gasteiger partial charge in [0.2, 0.25) is 0 Å². The number of nitrogens with one attached hydrogen (secondary N) is 1. The molecule has 0 saturated carbocycles. The lowest BCUT2D eigenvalue weighted by molar-refractivity contribution is 0.0955. The fraction of sp³-hybridized carbons (Fsp3) is 0.143. The molecule has 6 nitrogen and oxygen atoms in total. The van der Waals surface area contributed by atoms with Crippen molar-refractivity contribution in [3.63, 3.8) is 0 Å². The number of ether oxygens (including phenoxy) is 2. The molecule has 1 aromatic heterocycles. The van der Waals surface area contributed by atoms with Gasteiger partial charge in [-0.3, -0.25) is 4.79 Å². The molecule has 0 aliphatic carbocycles. The van der Waals surface area contributed by atoms with E-state index in [9.17, 15) is 4.79 Å². The Morgan fingerprint density at radius 3 is 2.49 bits per heavy atom. The second-order valence-electron chi connectivity index (χ2n) is 8.25. The molecule has 4 aromatic rings. The number of hydrogen-bond donors (Lipinski definition) is 1. The average molecular weight is 601 g/mol. The fourth-order valence-electron chi connectivity index (χ4n) is 3.80. The third-order valence-corrected chi connectivity index (χ3v) is 6.96. The number of aryl methyl sites for hydroxylation is 2. The monoisotopic (exact) mass is 599 g/mol. The molecule has 37 heavy (non-hydrogen) atoms. The minimum atomic E-state index is -0.316. The van der Waals surface area contributed by atoms with Gasteiger partial charge in [-0.25, -0.2) is 5.43 Å². The number of aromatic nitrogens is 1. The molecule has 0 aliphatic rings. The lowest BCUT2D eigenvalue weighted by Gasteiger charge is -2.13. The molecule has 0 unspecified atom stereocenters. The van der Waals surface area contributed by atoms with Gasteiger partial charge >= 0.3 is 0 Å². The van der Waals surface area contributed by atoms with Crippen molar-refractivity contribution in [3.8, 4) is 17.2 Å². The first-order chi connectivity index (χ1) is 17.8. The summed E-state index contributed by atoms with van der Waals surface area (Å²) in [5.74, 6) is 0.712. The number of methoxy groups -OCH3 is 1. The van der Waals surface area contributed by atoms with Crippen LogP contribution in [0.15, 0.2) is 76.3 Å². The van der Waals surface area contributed by atoms with Gasteiger partial charge in [-0.05, 0) is 84.4 Å². The van der Waals surface area contributed by atoms with Gasteiger partial charge in [0.1, 0.15) is 6.61 Å². The SMILES string of the molecule is COc1cc(/C=N/NC(=O)c2cccc(-n3c(C)ccc3C)c2)c(Br)cc1OCc1ccc(Cl)cc1Cl. The van der Waals surface area contributed by atoms with Gasteiger partial charge in [-0.1, -0.05) is 35.3 Å². The van der Waals surface area contributed by atoms with Crippen LogP contribution in [0.1, 0.15) is 32.9 Å². The van der Waals surface area contributed by atoms with E-state index in [0.29, 0.717) is 37.1 Å². The minimum absolute atomic E-state index is 0.240. The van der Waals surface area contributed by atoms with E-state index in [1.54, 1.807) is 37.4 Å². The summed E-state index contributed by atoms with van der Waals surface area (Å²) < 4.78 is 14.2. The van der Waals surface area contributed by atoms with Gasteiger partial charge in [0.05, 0.1) is 13.3 Å². The van der Waals surface area contributed by atoms with Crippen LogP contribution in [0.5, 0.6) is 11.5 Å². The van der Waals surface area contributed by atoms with Gasteiger partial charge in [-0.15, -0.1) is 0 Å². The van der Waals surface area contributed by atoms with E-state index in [0.717, 1.165) is 22.6 Å². The lowest BCUT2D eigenvalue weighted by atomic mass is 10.2. The van der Waals surface area contributed by atoms with Crippen molar-refractivity contribution in [1.82, 2.24) is 9.99 Å². The maximum absolute atomic E-state index is 12.7. The molecule has 4 rings (SSSR count). The highest BCUT2D eigenvalue weighted by Gasteiger charge is 2.12. The predicted octanol–water partition coefficient (Wildman–Crippen LogP) is 7.51. The van der Waals surface area contributed by atoms with Gasteiger partial charge in [0, 0.05) is 48.3 Å². The molecule has 0 atom stereocenters. The number of halogens is 3. The molecule has 190 valence electrons. The van der Waals surface area contributed by atoms with Gasteiger partial charge in [0.25, 0.3) is 5.91 Å². The zero-order valence-corrected chi connectivity index (χ0v) is 23.5. The van der Waals surface area contributed by atoms with Crippen molar-refractivity contribution in [2.24, 2.45) is 5.10 Å². The van der Waals surface area contributed by atoms with Crippen LogP contribution in [0.2, 0.25) is 10.0 Å². The van der Waals surface area contributed by atoms with E-state index >= 15 is 0 Å². The second-order valence-corrected chi connectivity index (χ2v) is 9.95. The minimum Gasteiger partial charge on any atom is -0.493 e. The largest absolute Gasteiger partial charge is 0.493 e. The van der Waals surface area contributed by atoms with E-state index in [1.165, 1.54) is 6.21 Å². The van der Waals surface area contributed by atoms with Crippen molar-refractivity contribution in [1.29, 1.82) is 0 Å². The molecule has 0 aliphatic heterocycles. The lowest BCUT2D eigenvalue weighted by Crippen LogP contribution is -2.18. The van der Waals surface area contributed by atoms with E-state index in [1.807, 2.05) is 50.2 Å². The summed E-state index contributed by atoms with van der Waals surface area (Å²) in [5, 5.41) is 5.22. The van der Waals surface area contributed by atoms with Crippen LogP contribution >= 0.6 is 39.1 Å². The van der Waals surface area contributed by atoms with Crippen LogP contribution in [0.4, 0.5) is 0 Å². The summed E-state index contributed by atoms with van der Waals surface area (Å²) in [5.41, 5.74) is 7.69. The Balaban J connectivity index is 1.45. The standard InChI is InChI=1S/C28H24BrCl2N3O3/c1-17-7-8-18(2)34(17)23-6-4-5-19(11-23)28(35)33-32-15-21-12-26(36-3)27(14-24(21)29)37-16-20-9-10-22(30)13-25(20)31/h4-15H,16H2,1-3H3,(H,33,35)/b32-15+. The Morgan fingerprint density at radius 2 is 1.78 bits per heavy atom. The zero-order chi connectivity index (χ0) is 26.5. The van der Waals surface area contributed by atoms with Crippen LogP contribution in [-0.2, 0) is 6.61 Å². The fourth-order valence-corrected chi connectivity index (χ4v) is 4.69. The van der Waals surface area contributed by atoms with Crippen molar-refractivity contribution in [2.45, 2.75) is 20.5 Å². The molecule has 1 heterocycles. The number of carbonyl (C=O) groups is 1. The van der Waals surface area contributed by atoms with E-state index < -0.39 is 0 Å². The highest BCUT2D eigenvalue weighted by molar-refractivity contribution is 9.10. The Bertz CT molecular complexity index is 1460. The summed E-state index contributed by atoms with van der Waals surface area (Å²) in [4.78, 5) is 12.7. The van der Waals surface area contributed by atoms with Crippen LogP contribution in [0.3, 0.4) is 0 Å². The Hall–Kier alpha value is -3.26. The van der Waals surface area contributed by atoms with Gasteiger partial charge in [0.15, 0.2) is 11.5 Å². The maximum Gasteiger partial charge on any atom is 0.271 e. The molecule has 3 aromatic carbocycles. The highest BCUT2D eigenvalue weighted by Crippen LogP contribution is 2.34. The average Bonchev–Trinajstić information content (AvgIpc) is 3.22. The molecule has 0 bridgehead atoms. The number of rotatable bonds is 8. The molecule has 0 radical (unpaired) electrons. The topological polar surface area (TPSA) is 64.8 Å². The van der Waals surface area contributed by atoms with Gasteiger partial charge in [-0.2, -0.15) is 5.10 Å². The molecule has 1 amide bonds. The molecule has 0 spiro atoms. The number of hydrogen-bond acceptors (Lipinski definition) is 4. The molecular formula is C28H24BrCl2N3O3. The summed E-state index contributed by atoms with van der Waals surface area (Å²) in [6, 6.07) is 20.3. The molecular weight excluding hydrogens is 577 g/mol. The smallest absolute Gasteiger partial charge is 0.271 e. The van der Waals surface area contributed by atoms with Gasteiger partial charge < -0.3 is 14.0 Å². The number of nitrogens with zero attached hydrogens (tertiary/aromatic N) is 2. The Morgan fingerprint density at radius 1 is 1.03 bits per heavy atom. The normalized spacial score (nSPS) is 11.1. The highest BCUT2D eigenvalue weighted by atomic mass is 79.9. The molecule has 1 N–H and O–H groups in total. The van der Waals surface area contributed by atoms with Crippen molar-refractivity contribution in [3.05, 3.63) is 109 Å². The number of hydrazone groups is 1. The summed E-state index contributed by atoms with van der Waals surface area (Å²) in [7, 11) is 1.55. The van der Waals surface area contributed by atoms with Crippen LogP contribution in [0.25, 0.3) is 5.69 Å². The predicted molar refractivity (Wildman–Crippen MR) is 152 cm³/mol. The number of amides is 1. The van der Waals surface area contributed by atoms with E-state index in [2.05, 4.69) is 31.0 Å². The number of carbonyl (C=O) groups excluding carboxylic acids is 1. The first-order valence-corrected chi connectivity index (χ1v) is 12.8. The van der Waals surface area contributed by atoms with E-state index in [4.69, 9.17) is 32.7 Å². The first-order valence-electron chi connectivity index (χ1n) is 11.3.